The molecule has 0 aromatic heterocycles. The molecule has 0 saturated carbocycles. The van der Waals surface area contributed by atoms with Crippen molar-refractivity contribution >= 4 is 23.5 Å². The van der Waals surface area contributed by atoms with Gasteiger partial charge < -0.3 is 29.4 Å². The number of rotatable bonds is 7. The van der Waals surface area contributed by atoms with E-state index in [0.717, 1.165) is 0 Å². The first kappa shape index (κ1) is 23.2. The summed E-state index contributed by atoms with van der Waals surface area (Å²) in [5.74, 6) is 0. The molecule has 0 radical (unpaired) electrons. The Kier molecular flexibility index (Phi) is 6.73. The van der Waals surface area contributed by atoms with E-state index in [9.17, 15) is 36.9 Å². The smallest absolute Gasteiger partial charge is 0.390 e. The normalized spacial score (nSPS) is 33.0. The summed E-state index contributed by atoms with van der Waals surface area (Å²) in [7, 11) is -17.3. The molecule has 1 fully saturated rings. The summed E-state index contributed by atoms with van der Waals surface area (Å²) in [6, 6.07) is 0. The first-order valence-electron chi connectivity index (χ1n) is 6.10. The SMILES string of the molecule is CC1CC(O)C(COP(=O)(O)OP(=O)(O)OP(=O)(O)O)(C(F)(F)F)O1. The van der Waals surface area contributed by atoms with Crippen molar-refractivity contribution in [3.05, 3.63) is 0 Å². The molecule has 0 spiro atoms. The van der Waals surface area contributed by atoms with Crippen molar-refractivity contribution in [3.63, 3.8) is 0 Å². The number of aliphatic hydroxyl groups excluding tert-OH is 1. The molecule has 5 unspecified atom stereocenters. The number of halogens is 3. The summed E-state index contributed by atoms with van der Waals surface area (Å²) < 4.78 is 87.7. The Morgan fingerprint density at radius 3 is 2.00 bits per heavy atom. The van der Waals surface area contributed by atoms with Crippen LogP contribution < -0.4 is 0 Å². The number of ether oxygens (including phenoxy) is 1. The van der Waals surface area contributed by atoms with Gasteiger partial charge in [-0.2, -0.15) is 21.8 Å². The predicted molar refractivity (Wildman–Crippen MR) is 69.8 cm³/mol. The highest BCUT2D eigenvalue weighted by Crippen LogP contribution is 2.66. The van der Waals surface area contributed by atoms with Crippen LogP contribution in [-0.2, 0) is 31.6 Å². The van der Waals surface area contributed by atoms with Gasteiger partial charge in [0.25, 0.3) is 0 Å². The Bertz CT molecular complexity index is 632. The Balaban J connectivity index is 2.91. The lowest BCUT2D eigenvalue weighted by molar-refractivity contribution is -0.297. The van der Waals surface area contributed by atoms with Crippen molar-refractivity contribution < 1.29 is 69.4 Å². The first-order valence-corrected chi connectivity index (χ1v) is 10.6. The molecule has 0 amide bonds. The van der Waals surface area contributed by atoms with E-state index in [1.807, 2.05) is 0 Å². The zero-order valence-corrected chi connectivity index (χ0v) is 14.8. The van der Waals surface area contributed by atoms with Gasteiger partial charge in [0.05, 0.1) is 18.8 Å². The maximum Gasteiger partial charge on any atom is 0.490 e. The Morgan fingerprint density at radius 2 is 1.64 bits per heavy atom. The van der Waals surface area contributed by atoms with E-state index in [0.29, 0.717) is 0 Å². The minimum absolute atomic E-state index is 0.487. The monoisotopic (exact) mass is 440 g/mol. The van der Waals surface area contributed by atoms with E-state index in [-0.39, 0.29) is 0 Å². The van der Waals surface area contributed by atoms with E-state index in [2.05, 4.69) is 17.9 Å². The van der Waals surface area contributed by atoms with Gasteiger partial charge >= 0.3 is 29.6 Å². The molecule has 1 rings (SSSR count). The second-order valence-corrected chi connectivity index (χ2v) is 9.35. The molecule has 1 saturated heterocycles. The molecule has 5 N–H and O–H groups in total. The number of phosphoric ester groups is 1. The number of hydrogen-bond donors (Lipinski definition) is 5. The van der Waals surface area contributed by atoms with Gasteiger partial charge in [-0.05, 0) is 6.92 Å². The Hall–Kier alpha value is 0.120. The van der Waals surface area contributed by atoms with E-state index in [1.165, 1.54) is 6.92 Å². The minimum atomic E-state index is -5.87. The number of hydrogen-bond acceptors (Lipinski definition) is 8. The third-order valence-corrected chi connectivity index (χ3v) is 6.63. The van der Waals surface area contributed by atoms with Gasteiger partial charge in [0, 0.05) is 6.42 Å². The molecular weight excluding hydrogens is 426 g/mol. The lowest BCUT2D eigenvalue weighted by atomic mass is 9.97. The number of aliphatic hydroxyl groups is 1. The molecule has 0 bridgehead atoms. The molecule has 12 nitrogen and oxygen atoms in total. The van der Waals surface area contributed by atoms with Crippen LogP contribution in [0.5, 0.6) is 0 Å². The third-order valence-electron chi connectivity index (χ3n) is 2.84. The fourth-order valence-corrected chi connectivity index (χ4v) is 4.99. The van der Waals surface area contributed by atoms with Crippen molar-refractivity contribution in [2.45, 2.75) is 37.3 Å². The molecule has 1 aliphatic rings. The summed E-state index contributed by atoms with van der Waals surface area (Å²) in [4.78, 5) is 34.7. The summed E-state index contributed by atoms with van der Waals surface area (Å²) in [5.41, 5.74) is -3.42. The van der Waals surface area contributed by atoms with Crippen LogP contribution in [0.15, 0.2) is 0 Å². The summed E-state index contributed by atoms with van der Waals surface area (Å²) in [6.45, 7) is -0.632. The molecular formula is C7H14F3O12P3. The van der Waals surface area contributed by atoms with Crippen LogP contribution >= 0.6 is 23.5 Å². The third kappa shape index (κ3) is 6.35. The van der Waals surface area contributed by atoms with Crippen LogP contribution in [-0.4, -0.2) is 55.3 Å². The van der Waals surface area contributed by atoms with Gasteiger partial charge in [0.1, 0.15) is 0 Å². The molecule has 0 aromatic carbocycles. The fraction of sp³-hybridized carbons (Fsp3) is 1.00. The molecule has 25 heavy (non-hydrogen) atoms. The molecule has 0 aliphatic carbocycles. The van der Waals surface area contributed by atoms with Crippen molar-refractivity contribution in [3.8, 4) is 0 Å². The maximum atomic E-state index is 13.2. The number of alkyl halides is 3. The summed E-state index contributed by atoms with van der Waals surface area (Å²) >= 11 is 0. The minimum Gasteiger partial charge on any atom is -0.390 e. The van der Waals surface area contributed by atoms with Crippen LogP contribution in [0.1, 0.15) is 13.3 Å². The van der Waals surface area contributed by atoms with Crippen molar-refractivity contribution in [1.82, 2.24) is 0 Å². The van der Waals surface area contributed by atoms with Crippen LogP contribution in [0.2, 0.25) is 0 Å². The number of phosphoric acid groups is 3. The van der Waals surface area contributed by atoms with Crippen LogP contribution in [0.3, 0.4) is 0 Å². The standard InChI is InChI=1S/C7H14F3O12P3/c1-4-2-5(11)6(20-4,7(8,9)10)3-19-24(15,16)22-25(17,18)21-23(12,13)14/h4-5,11H,2-3H2,1H3,(H,15,16)(H,17,18)(H2,12,13,14). The van der Waals surface area contributed by atoms with Gasteiger partial charge in [-0.1, -0.05) is 0 Å². The zero-order valence-electron chi connectivity index (χ0n) is 12.1. The second kappa shape index (κ2) is 7.27. The highest BCUT2D eigenvalue weighted by molar-refractivity contribution is 7.66. The molecule has 5 atom stereocenters. The summed E-state index contributed by atoms with van der Waals surface area (Å²) in [6.07, 6.45) is -9.03. The van der Waals surface area contributed by atoms with Gasteiger partial charge in [0.2, 0.25) is 5.60 Å². The average molecular weight is 440 g/mol. The molecule has 18 heteroatoms. The predicted octanol–water partition coefficient (Wildman–Crippen LogP) is 0.800. The lowest BCUT2D eigenvalue weighted by Gasteiger charge is -2.33. The Labute approximate surface area is 137 Å². The van der Waals surface area contributed by atoms with Crippen molar-refractivity contribution in [2.24, 2.45) is 0 Å². The van der Waals surface area contributed by atoms with Crippen LogP contribution in [0, 0.1) is 0 Å². The lowest BCUT2D eigenvalue weighted by Crippen LogP contribution is -2.56. The van der Waals surface area contributed by atoms with Gasteiger partial charge in [-0.3, -0.25) is 4.52 Å². The largest absolute Gasteiger partial charge is 0.490 e. The second-order valence-electron chi connectivity index (χ2n) is 4.93. The Morgan fingerprint density at radius 1 is 1.12 bits per heavy atom. The maximum absolute atomic E-state index is 13.2. The molecule has 0 aromatic rings. The first-order chi connectivity index (χ1) is 10.9. The van der Waals surface area contributed by atoms with Gasteiger partial charge in [-0.15, -0.1) is 0 Å². The quantitative estimate of drug-likeness (QED) is 0.351. The van der Waals surface area contributed by atoms with Crippen molar-refractivity contribution in [1.29, 1.82) is 0 Å². The topological polar surface area (TPSA) is 189 Å². The molecule has 1 heterocycles. The fourth-order valence-electron chi connectivity index (χ4n) is 1.94. The van der Waals surface area contributed by atoms with Crippen LogP contribution in [0.25, 0.3) is 0 Å². The van der Waals surface area contributed by atoms with Crippen LogP contribution in [0.4, 0.5) is 13.2 Å². The van der Waals surface area contributed by atoms with E-state index in [1.54, 1.807) is 0 Å². The van der Waals surface area contributed by atoms with Gasteiger partial charge in [-0.25, -0.2) is 13.7 Å². The van der Waals surface area contributed by atoms with Gasteiger partial charge in [0.15, 0.2) is 0 Å². The molecule has 1 aliphatic heterocycles. The average Bonchev–Trinajstić information content (AvgIpc) is 2.56. The van der Waals surface area contributed by atoms with Crippen molar-refractivity contribution in [2.75, 3.05) is 6.61 Å². The zero-order chi connectivity index (χ0) is 19.9. The summed E-state index contributed by atoms with van der Waals surface area (Å²) in [5, 5.41) is 9.56. The molecule has 150 valence electrons. The highest BCUT2D eigenvalue weighted by atomic mass is 31.3. The van der Waals surface area contributed by atoms with E-state index in [4.69, 9.17) is 14.7 Å². The van der Waals surface area contributed by atoms with E-state index < -0.39 is 60.5 Å². The highest BCUT2D eigenvalue weighted by Gasteiger charge is 2.65. The van der Waals surface area contributed by atoms with E-state index >= 15 is 0 Å².